The molecule has 0 aromatic heterocycles. The lowest BCUT2D eigenvalue weighted by molar-refractivity contribution is -0.123. The molecule has 1 heterocycles. The molecule has 0 spiro atoms. The van der Waals surface area contributed by atoms with Crippen LogP contribution in [0.2, 0.25) is 0 Å². The third-order valence-corrected chi connectivity index (χ3v) is 2.77. The first-order chi connectivity index (χ1) is 8.06. The summed E-state index contributed by atoms with van der Waals surface area (Å²) in [6.45, 7) is 4.15. The molecule has 1 fully saturated rings. The van der Waals surface area contributed by atoms with Crippen molar-refractivity contribution < 1.29 is 9.18 Å². The topological polar surface area (TPSA) is 53.5 Å². The number of aliphatic imine (C=N–C) groups is 1. The summed E-state index contributed by atoms with van der Waals surface area (Å²) < 4.78 is 13.2. The van der Waals surface area contributed by atoms with E-state index in [0.717, 1.165) is 0 Å². The highest BCUT2D eigenvalue weighted by Gasteiger charge is 2.42. The molecule has 0 aliphatic carbocycles. The van der Waals surface area contributed by atoms with E-state index in [1.165, 1.54) is 12.1 Å². The van der Waals surface area contributed by atoms with Crippen molar-refractivity contribution in [2.24, 2.45) is 4.99 Å². The van der Waals surface area contributed by atoms with Crippen molar-refractivity contribution in [2.75, 3.05) is 6.54 Å². The second-order valence-corrected chi connectivity index (χ2v) is 4.04. The zero-order valence-corrected chi connectivity index (χ0v) is 9.75. The van der Waals surface area contributed by atoms with E-state index in [2.05, 4.69) is 15.6 Å². The Morgan fingerprint density at radius 1 is 1.47 bits per heavy atom. The average molecular weight is 235 g/mol. The third-order valence-electron chi connectivity index (χ3n) is 2.77. The molecule has 1 aliphatic rings. The number of hydrogen-bond acceptors (Lipinski definition) is 2. The van der Waals surface area contributed by atoms with Crippen LogP contribution in [0.1, 0.15) is 19.4 Å². The Morgan fingerprint density at radius 2 is 2.24 bits per heavy atom. The van der Waals surface area contributed by atoms with Crippen LogP contribution in [-0.2, 0) is 10.3 Å². The van der Waals surface area contributed by atoms with Gasteiger partial charge in [-0.1, -0.05) is 12.1 Å². The number of nitrogens with zero attached hydrogens (tertiary/aromatic N) is 1. The molecule has 1 aromatic carbocycles. The summed E-state index contributed by atoms with van der Waals surface area (Å²) in [5.41, 5.74) is -0.382. The van der Waals surface area contributed by atoms with Crippen molar-refractivity contribution in [3.05, 3.63) is 35.6 Å². The number of hydrogen-bond donors (Lipinski definition) is 2. The summed E-state index contributed by atoms with van der Waals surface area (Å²) in [4.78, 5) is 16.0. The van der Waals surface area contributed by atoms with Crippen molar-refractivity contribution in [3.8, 4) is 0 Å². The normalized spacial score (nSPS) is 25.8. The van der Waals surface area contributed by atoms with Crippen LogP contribution in [0.4, 0.5) is 4.39 Å². The molecular formula is C12H14FN3O. The molecule has 90 valence electrons. The Kier molecular flexibility index (Phi) is 2.83. The second kappa shape index (κ2) is 4.16. The van der Waals surface area contributed by atoms with E-state index in [1.807, 2.05) is 6.92 Å². The van der Waals surface area contributed by atoms with Gasteiger partial charge in [0.25, 0.3) is 5.91 Å². The van der Waals surface area contributed by atoms with Crippen LogP contribution in [0.3, 0.4) is 0 Å². The van der Waals surface area contributed by atoms with Crippen LogP contribution in [0, 0.1) is 5.82 Å². The van der Waals surface area contributed by atoms with E-state index < -0.39 is 5.54 Å². The highest BCUT2D eigenvalue weighted by molar-refractivity contribution is 6.09. The van der Waals surface area contributed by atoms with Crippen LogP contribution < -0.4 is 10.6 Å². The van der Waals surface area contributed by atoms with Crippen molar-refractivity contribution >= 4 is 11.9 Å². The highest BCUT2D eigenvalue weighted by Crippen LogP contribution is 2.24. The predicted molar refractivity (Wildman–Crippen MR) is 63.0 cm³/mol. The summed E-state index contributed by atoms with van der Waals surface area (Å²) in [5, 5.41) is 5.63. The fraction of sp³-hybridized carbons (Fsp3) is 0.333. The maximum absolute atomic E-state index is 13.2. The van der Waals surface area contributed by atoms with E-state index in [-0.39, 0.29) is 11.7 Å². The molecule has 2 N–H and O–H groups in total. The smallest absolute Gasteiger partial charge is 0.256 e. The summed E-state index contributed by atoms with van der Waals surface area (Å²) in [6.07, 6.45) is 0. The molecule has 4 nitrogen and oxygen atoms in total. The lowest BCUT2D eigenvalue weighted by Crippen LogP contribution is -2.40. The van der Waals surface area contributed by atoms with Gasteiger partial charge in [-0.15, -0.1) is 0 Å². The van der Waals surface area contributed by atoms with Gasteiger partial charge in [0.1, 0.15) is 11.4 Å². The number of rotatable bonds is 2. The van der Waals surface area contributed by atoms with E-state index in [1.54, 1.807) is 19.1 Å². The van der Waals surface area contributed by atoms with Crippen LogP contribution in [0.15, 0.2) is 29.3 Å². The molecule has 1 saturated heterocycles. The molecule has 1 aliphatic heterocycles. The number of benzene rings is 1. The molecule has 1 aromatic rings. The quantitative estimate of drug-likeness (QED) is 0.807. The zero-order valence-electron chi connectivity index (χ0n) is 9.75. The molecule has 0 bridgehead atoms. The number of carbonyl (C=O) groups excluding carboxylic acids is 1. The molecular weight excluding hydrogens is 221 g/mol. The van der Waals surface area contributed by atoms with Gasteiger partial charge in [-0.2, -0.15) is 0 Å². The van der Waals surface area contributed by atoms with Crippen LogP contribution in [0.5, 0.6) is 0 Å². The minimum atomic E-state index is -0.962. The lowest BCUT2D eigenvalue weighted by atomic mass is 9.92. The Labute approximate surface area is 98.9 Å². The molecule has 0 saturated carbocycles. The van der Waals surface area contributed by atoms with E-state index in [4.69, 9.17) is 0 Å². The largest absolute Gasteiger partial charge is 0.338 e. The number of amides is 1. The molecule has 17 heavy (non-hydrogen) atoms. The zero-order chi connectivity index (χ0) is 12.5. The standard InChI is InChI=1S/C12H14FN3O/c1-3-14-11-15-10(17)12(2,16-11)8-5-4-6-9(13)7-8/h4-7H,3H2,1-2H3,(H2,14,15,16,17). The number of halogens is 1. The van der Waals surface area contributed by atoms with Crippen LogP contribution in [0.25, 0.3) is 0 Å². The maximum atomic E-state index is 13.2. The van der Waals surface area contributed by atoms with Gasteiger partial charge in [0, 0.05) is 6.54 Å². The summed E-state index contributed by atoms with van der Waals surface area (Å²) in [7, 11) is 0. The highest BCUT2D eigenvalue weighted by atomic mass is 19.1. The summed E-state index contributed by atoms with van der Waals surface area (Å²) in [5.74, 6) is -0.154. The maximum Gasteiger partial charge on any atom is 0.256 e. The van der Waals surface area contributed by atoms with Crippen molar-refractivity contribution in [1.82, 2.24) is 10.6 Å². The molecule has 1 amide bonds. The first-order valence-corrected chi connectivity index (χ1v) is 5.46. The predicted octanol–water partition coefficient (Wildman–Crippen LogP) is 1.14. The first-order valence-electron chi connectivity index (χ1n) is 5.46. The van der Waals surface area contributed by atoms with Gasteiger partial charge in [0.05, 0.1) is 0 Å². The first kappa shape index (κ1) is 11.6. The minimum Gasteiger partial charge on any atom is -0.338 e. The van der Waals surface area contributed by atoms with Gasteiger partial charge in [-0.25, -0.2) is 4.39 Å². The van der Waals surface area contributed by atoms with Gasteiger partial charge in [0.2, 0.25) is 0 Å². The molecule has 2 rings (SSSR count). The van der Waals surface area contributed by atoms with Gasteiger partial charge >= 0.3 is 0 Å². The second-order valence-electron chi connectivity index (χ2n) is 4.04. The number of nitrogens with one attached hydrogen (secondary N) is 2. The van der Waals surface area contributed by atoms with Crippen molar-refractivity contribution in [2.45, 2.75) is 19.4 Å². The Morgan fingerprint density at radius 3 is 2.88 bits per heavy atom. The van der Waals surface area contributed by atoms with Crippen molar-refractivity contribution in [1.29, 1.82) is 0 Å². The van der Waals surface area contributed by atoms with Crippen molar-refractivity contribution in [3.63, 3.8) is 0 Å². The number of carbonyl (C=O) groups is 1. The average Bonchev–Trinajstić information content (AvgIpc) is 2.56. The van der Waals surface area contributed by atoms with Crippen LogP contribution in [-0.4, -0.2) is 18.4 Å². The third kappa shape index (κ3) is 2.00. The van der Waals surface area contributed by atoms with Gasteiger partial charge < -0.3 is 5.32 Å². The van der Waals surface area contributed by atoms with E-state index in [0.29, 0.717) is 18.1 Å². The fourth-order valence-electron chi connectivity index (χ4n) is 1.80. The summed E-state index contributed by atoms with van der Waals surface area (Å²) >= 11 is 0. The SMILES string of the molecule is CCN=C1NC(=O)C(C)(c2cccc(F)c2)N1. The monoisotopic (exact) mass is 235 g/mol. The Balaban J connectivity index is 2.37. The van der Waals surface area contributed by atoms with Gasteiger partial charge in [-0.3, -0.25) is 15.1 Å². The molecule has 1 atom stereocenters. The molecule has 1 unspecified atom stereocenters. The van der Waals surface area contributed by atoms with E-state index >= 15 is 0 Å². The van der Waals surface area contributed by atoms with Crippen LogP contribution >= 0.6 is 0 Å². The minimum absolute atomic E-state index is 0.227. The molecule has 5 heteroatoms. The van der Waals surface area contributed by atoms with Gasteiger partial charge in [-0.05, 0) is 31.5 Å². The van der Waals surface area contributed by atoms with E-state index in [9.17, 15) is 9.18 Å². The van der Waals surface area contributed by atoms with Gasteiger partial charge in [0.15, 0.2) is 5.96 Å². The Hall–Kier alpha value is -1.91. The fourth-order valence-corrected chi connectivity index (χ4v) is 1.80. The number of guanidine groups is 1. The molecule has 0 radical (unpaired) electrons. The summed E-state index contributed by atoms with van der Waals surface area (Å²) in [6, 6.07) is 5.99. The Bertz CT molecular complexity index is 486. The lowest BCUT2D eigenvalue weighted by Gasteiger charge is -2.21.